The summed E-state index contributed by atoms with van der Waals surface area (Å²) in [5.74, 6) is -1.57. The maximum absolute atomic E-state index is 14.0. The molecular weight excluding hydrogens is 526 g/mol. The first-order valence-corrected chi connectivity index (χ1v) is 13.8. The van der Waals surface area contributed by atoms with E-state index in [2.05, 4.69) is 4.98 Å². The summed E-state index contributed by atoms with van der Waals surface area (Å²) in [6, 6.07) is 10.4. The van der Waals surface area contributed by atoms with Crippen molar-refractivity contribution in [1.82, 2.24) is 4.98 Å². The number of rotatable bonds is 15. The Balaban J connectivity index is 1.70. The summed E-state index contributed by atoms with van der Waals surface area (Å²) in [7, 11) is 0. The molecule has 1 atom stereocenters. The molecule has 0 fully saturated rings. The number of hydrogen-bond donors (Lipinski definition) is 4. The number of aliphatic hydroxyl groups is 1. The van der Waals surface area contributed by atoms with Crippen molar-refractivity contribution in [3.8, 4) is 5.75 Å². The van der Waals surface area contributed by atoms with Gasteiger partial charge in [-0.05, 0) is 66.5 Å². The summed E-state index contributed by atoms with van der Waals surface area (Å²) in [5, 5.41) is 32.5. The van der Waals surface area contributed by atoms with E-state index in [1.54, 1.807) is 12.1 Å². The van der Waals surface area contributed by atoms with Gasteiger partial charge >= 0.3 is 12.1 Å². The van der Waals surface area contributed by atoms with Gasteiger partial charge in [0.2, 0.25) is 0 Å². The number of hydrogen-bond acceptors (Lipinski definition) is 3. The zero-order valence-electron chi connectivity index (χ0n) is 23.1. The van der Waals surface area contributed by atoms with Gasteiger partial charge in [0.25, 0.3) is 0 Å². The fourth-order valence-electron chi connectivity index (χ4n) is 5.64. The number of carboxylic acids is 1. The largest absolute Gasteiger partial charge is 0.508 e. The summed E-state index contributed by atoms with van der Waals surface area (Å²) in [6.45, 7) is 3.69. The molecule has 2 aromatic carbocycles. The minimum atomic E-state index is -4.11. The SMILES string of the molecule is CC(C)(CC(O)(CCCCCCCCCC(F)(F)F)Cc1cc2ccc(C(=O)O)cc2[nH]1)c1cc(F)ccc1O. The van der Waals surface area contributed by atoms with Crippen molar-refractivity contribution in [2.75, 3.05) is 0 Å². The van der Waals surface area contributed by atoms with Crippen molar-refractivity contribution in [1.29, 1.82) is 0 Å². The molecule has 220 valence electrons. The van der Waals surface area contributed by atoms with Crippen LogP contribution in [0.2, 0.25) is 0 Å². The number of alkyl halides is 3. The van der Waals surface area contributed by atoms with Gasteiger partial charge in [-0.15, -0.1) is 0 Å². The molecule has 4 N–H and O–H groups in total. The quantitative estimate of drug-likeness (QED) is 0.110. The monoisotopic (exact) mass is 565 g/mol. The van der Waals surface area contributed by atoms with Crippen LogP contribution in [0.1, 0.15) is 99.7 Å². The highest BCUT2D eigenvalue weighted by molar-refractivity contribution is 5.93. The first-order chi connectivity index (χ1) is 18.7. The van der Waals surface area contributed by atoms with E-state index >= 15 is 0 Å². The number of halogens is 4. The van der Waals surface area contributed by atoms with Gasteiger partial charge in [-0.25, -0.2) is 9.18 Å². The van der Waals surface area contributed by atoms with Crippen LogP contribution in [0.15, 0.2) is 42.5 Å². The lowest BCUT2D eigenvalue weighted by Gasteiger charge is -2.37. The van der Waals surface area contributed by atoms with Gasteiger partial charge in [0.1, 0.15) is 11.6 Å². The van der Waals surface area contributed by atoms with Crippen LogP contribution in [0.3, 0.4) is 0 Å². The van der Waals surface area contributed by atoms with Crippen LogP contribution in [-0.2, 0) is 11.8 Å². The molecule has 1 heterocycles. The third-order valence-electron chi connectivity index (χ3n) is 7.51. The molecule has 9 heteroatoms. The van der Waals surface area contributed by atoms with E-state index in [0.29, 0.717) is 30.3 Å². The molecule has 0 aliphatic carbocycles. The van der Waals surface area contributed by atoms with Crippen LogP contribution in [0.5, 0.6) is 5.75 Å². The van der Waals surface area contributed by atoms with Crippen LogP contribution in [0.4, 0.5) is 17.6 Å². The molecular formula is C31H39F4NO4. The van der Waals surface area contributed by atoms with Crippen LogP contribution in [0, 0.1) is 5.82 Å². The smallest absolute Gasteiger partial charge is 0.389 e. The molecule has 0 saturated carbocycles. The Morgan fingerprint density at radius 1 is 0.875 bits per heavy atom. The normalized spacial score (nSPS) is 14.0. The Kier molecular flexibility index (Phi) is 10.3. The molecule has 0 aliphatic heterocycles. The lowest BCUT2D eigenvalue weighted by molar-refractivity contribution is -0.135. The van der Waals surface area contributed by atoms with Gasteiger partial charge in [0.15, 0.2) is 0 Å². The fraction of sp³-hybridized carbons (Fsp3) is 0.516. The Hall–Kier alpha value is -3.07. The predicted octanol–water partition coefficient (Wildman–Crippen LogP) is 8.43. The standard InChI is InChI=1S/C31H39F4NO4/c1-29(2,25-18-23(32)12-13-27(25)37)20-30(40,14-8-6-4-3-5-7-9-15-31(33,34)35)19-24-16-21-10-11-22(28(38)39)17-26(21)36-24/h10-13,16-18,36-37,40H,3-9,14-15,19-20H2,1-2H3,(H,38,39). The zero-order valence-corrected chi connectivity index (χ0v) is 23.1. The number of aromatic carboxylic acids is 1. The second-order valence-corrected chi connectivity index (χ2v) is 11.6. The van der Waals surface area contributed by atoms with Crippen LogP contribution >= 0.6 is 0 Å². The third-order valence-corrected chi connectivity index (χ3v) is 7.51. The van der Waals surface area contributed by atoms with Gasteiger partial charge in [0.05, 0.1) is 11.2 Å². The highest BCUT2D eigenvalue weighted by atomic mass is 19.4. The lowest BCUT2D eigenvalue weighted by atomic mass is 9.72. The van der Waals surface area contributed by atoms with E-state index in [0.717, 1.165) is 36.8 Å². The van der Waals surface area contributed by atoms with Gasteiger partial charge in [-0.3, -0.25) is 0 Å². The Morgan fingerprint density at radius 2 is 1.50 bits per heavy atom. The molecule has 0 bridgehead atoms. The molecule has 1 aromatic heterocycles. The Morgan fingerprint density at radius 3 is 2.12 bits per heavy atom. The number of fused-ring (bicyclic) bond motifs is 1. The molecule has 0 saturated heterocycles. The summed E-state index contributed by atoms with van der Waals surface area (Å²) in [5.41, 5.74) is -0.0912. The van der Waals surface area contributed by atoms with E-state index in [1.807, 2.05) is 19.9 Å². The maximum Gasteiger partial charge on any atom is 0.389 e. The molecule has 1 unspecified atom stereocenters. The third kappa shape index (κ3) is 9.25. The van der Waals surface area contributed by atoms with Gasteiger partial charge in [0, 0.05) is 29.6 Å². The first-order valence-electron chi connectivity index (χ1n) is 13.8. The van der Waals surface area contributed by atoms with Gasteiger partial charge < -0.3 is 20.3 Å². The number of benzene rings is 2. The Bertz CT molecular complexity index is 1280. The Labute approximate surface area is 232 Å². The number of H-pyrrole nitrogens is 1. The minimum absolute atomic E-state index is 0.0499. The van der Waals surface area contributed by atoms with Crippen LogP contribution < -0.4 is 0 Å². The van der Waals surface area contributed by atoms with Crippen molar-refractivity contribution in [2.24, 2.45) is 0 Å². The first kappa shape index (κ1) is 31.5. The van der Waals surface area contributed by atoms with E-state index in [4.69, 9.17) is 0 Å². The van der Waals surface area contributed by atoms with E-state index in [1.165, 1.54) is 24.3 Å². The number of carboxylic acid groups (broad SMARTS) is 1. The minimum Gasteiger partial charge on any atom is -0.508 e. The number of aromatic hydroxyl groups is 1. The number of phenols is 1. The zero-order chi connectivity index (χ0) is 29.6. The van der Waals surface area contributed by atoms with Crippen molar-refractivity contribution >= 4 is 16.9 Å². The molecule has 3 aromatic rings. The number of unbranched alkanes of at least 4 members (excludes halogenated alkanes) is 6. The molecule has 0 radical (unpaired) electrons. The van der Waals surface area contributed by atoms with Crippen molar-refractivity contribution in [2.45, 2.75) is 102 Å². The van der Waals surface area contributed by atoms with E-state index in [-0.39, 0.29) is 30.6 Å². The number of phenolic OH excluding ortho intramolecular Hbond substituents is 1. The van der Waals surface area contributed by atoms with E-state index < -0.39 is 35.4 Å². The van der Waals surface area contributed by atoms with Crippen molar-refractivity contribution in [3.05, 3.63) is 65.1 Å². The number of carbonyl (C=O) groups is 1. The van der Waals surface area contributed by atoms with E-state index in [9.17, 15) is 37.7 Å². The van der Waals surface area contributed by atoms with Crippen molar-refractivity contribution in [3.63, 3.8) is 0 Å². The topological polar surface area (TPSA) is 93.5 Å². The summed E-state index contributed by atoms with van der Waals surface area (Å²) in [4.78, 5) is 14.6. The summed E-state index contributed by atoms with van der Waals surface area (Å²) in [6.07, 6.45) is 0.624. The second kappa shape index (κ2) is 13.1. The van der Waals surface area contributed by atoms with Crippen LogP contribution in [-0.4, -0.2) is 38.1 Å². The second-order valence-electron chi connectivity index (χ2n) is 11.6. The fourth-order valence-corrected chi connectivity index (χ4v) is 5.64. The predicted molar refractivity (Wildman–Crippen MR) is 147 cm³/mol. The number of aromatic amines is 1. The average molecular weight is 566 g/mol. The van der Waals surface area contributed by atoms with Gasteiger partial charge in [-0.1, -0.05) is 58.4 Å². The molecule has 0 spiro atoms. The maximum atomic E-state index is 14.0. The molecule has 5 nitrogen and oxygen atoms in total. The highest BCUT2D eigenvalue weighted by Crippen LogP contribution is 2.40. The average Bonchev–Trinajstić information content (AvgIpc) is 3.24. The highest BCUT2D eigenvalue weighted by Gasteiger charge is 2.37. The van der Waals surface area contributed by atoms with Gasteiger partial charge in [-0.2, -0.15) is 13.2 Å². The lowest BCUT2D eigenvalue weighted by Crippen LogP contribution is -2.39. The summed E-state index contributed by atoms with van der Waals surface area (Å²) < 4.78 is 50.9. The number of aromatic nitrogens is 1. The molecule has 0 amide bonds. The van der Waals surface area contributed by atoms with Crippen LogP contribution in [0.25, 0.3) is 10.9 Å². The molecule has 40 heavy (non-hydrogen) atoms. The van der Waals surface area contributed by atoms with Crippen molar-refractivity contribution < 1.29 is 37.7 Å². The molecule has 0 aliphatic rings. The summed E-state index contributed by atoms with van der Waals surface area (Å²) >= 11 is 0. The molecule has 3 rings (SSSR count). The number of nitrogens with one attached hydrogen (secondary N) is 1.